The fourth-order valence-electron chi connectivity index (χ4n) is 2.39. The van der Waals surface area contributed by atoms with Crippen molar-refractivity contribution in [2.75, 3.05) is 0 Å². The molecule has 3 nitrogen and oxygen atoms in total. The summed E-state index contributed by atoms with van der Waals surface area (Å²) in [6.45, 7) is 5.01. The number of hydrogen-bond acceptors (Lipinski definition) is 3. The zero-order valence-electron chi connectivity index (χ0n) is 11.5. The minimum absolute atomic E-state index is 0.146. The van der Waals surface area contributed by atoms with Crippen LogP contribution in [-0.4, -0.2) is 8.42 Å². The van der Waals surface area contributed by atoms with Gasteiger partial charge >= 0.3 is 10.1 Å². The molecule has 0 radical (unpaired) electrons. The van der Waals surface area contributed by atoms with Gasteiger partial charge in [-0.1, -0.05) is 43.0 Å². The standard InChI is InChI=1S/C17H14O3S/c1-12(2)20-21(18,19)17-9-5-8-15-10-13-6-3-4-7-14(13)11-16(15)17/h3-11H,1H2,2H3. The van der Waals surface area contributed by atoms with Crippen molar-refractivity contribution in [2.24, 2.45) is 0 Å². The number of rotatable bonds is 3. The number of benzene rings is 3. The van der Waals surface area contributed by atoms with Gasteiger partial charge in [-0.25, -0.2) is 0 Å². The molecule has 0 N–H and O–H groups in total. The van der Waals surface area contributed by atoms with Crippen molar-refractivity contribution >= 4 is 31.7 Å². The third-order valence-electron chi connectivity index (χ3n) is 3.23. The Balaban J connectivity index is 2.33. The molecule has 0 aliphatic carbocycles. The molecule has 0 unspecified atom stereocenters. The normalized spacial score (nSPS) is 11.7. The first-order chi connectivity index (χ1) is 9.97. The Bertz CT molecular complexity index is 956. The van der Waals surface area contributed by atoms with E-state index < -0.39 is 10.1 Å². The zero-order chi connectivity index (χ0) is 15.0. The molecule has 3 aromatic rings. The van der Waals surface area contributed by atoms with E-state index in [9.17, 15) is 8.42 Å². The van der Waals surface area contributed by atoms with Gasteiger partial charge in [0.25, 0.3) is 0 Å². The molecule has 0 bridgehead atoms. The first-order valence-electron chi connectivity index (χ1n) is 6.49. The van der Waals surface area contributed by atoms with Crippen LogP contribution in [0.25, 0.3) is 21.5 Å². The summed E-state index contributed by atoms with van der Waals surface area (Å²) >= 11 is 0. The molecule has 0 spiro atoms. The first kappa shape index (κ1) is 13.6. The molecule has 21 heavy (non-hydrogen) atoms. The lowest BCUT2D eigenvalue weighted by Crippen LogP contribution is -2.05. The van der Waals surface area contributed by atoms with Crippen molar-refractivity contribution in [3.05, 3.63) is 66.9 Å². The van der Waals surface area contributed by atoms with Gasteiger partial charge in [0.2, 0.25) is 0 Å². The van der Waals surface area contributed by atoms with Crippen molar-refractivity contribution in [3.63, 3.8) is 0 Å². The molecule has 0 aliphatic heterocycles. The predicted octanol–water partition coefficient (Wildman–Crippen LogP) is 4.23. The SMILES string of the molecule is C=C(C)OS(=O)(=O)c1cccc2cc3ccccc3cc12. The van der Waals surface area contributed by atoms with Crippen LogP contribution in [0, 0.1) is 0 Å². The molecule has 106 valence electrons. The van der Waals surface area contributed by atoms with Gasteiger partial charge in [-0.05, 0) is 41.3 Å². The van der Waals surface area contributed by atoms with Crippen molar-refractivity contribution in [1.29, 1.82) is 0 Å². The Hall–Kier alpha value is -2.33. The third-order valence-corrected chi connectivity index (χ3v) is 4.63. The van der Waals surface area contributed by atoms with E-state index in [4.69, 9.17) is 4.18 Å². The maximum Gasteiger partial charge on any atom is 0.339 e. The van der Waals surface area contributed by atoms with E-state index in [0.29, 0.717) is 5.39 Å². The van der Waals surface area contributed by atoms with Crippen LogP contribution in [0.4, 0.5) is 0 Å². The molecule has 0 fully saturated rings. The minimum atomic E-state index is -3.85. The molecule has 3 aromatic carbocycles. The van der Waals surface area contributed by atoms with Crippen LogP contribution in [0.15, 0.2) is 71.8 Å². The Kier molecular flexibility index (Phi) is 3.18. The van der Waals surface area contributed by atoms with Gasteiger partial charge in [-0.15, -0.1) is 0 Å². The van der Waals surface area contributed by atoms with Gasteiger partial charge in [0.15, 0.2) is 0 Å². The summed E-state index contributed by atoms with van der Waals surface area (Å²) < 4.78 is 29.5. The Labute approximate surface area is 123 Å². The second kappa shape index (κ2) is 4.90. The molecule has 0 heterocycles. The maximum absolute atomic E-state index is 12.3. The van der Waals surface area contributed by atoms with Crippen molar-refractivity contribution < 1.29 is 12.6 Å². The highest BCUT2D eigenvalue weighted by molar-refractivity contribution is 7.87. The molecule has 0 saturated heterocycles. The summed E-state index contributed by atoms with van der Waals surface area (Å²) in [6.07, 6.45) is 0. The van der Waals surface area contributed by atoms with E-state index in [1.807, 2.05) is 42.5 Å². The largest absolute Gasteiger partial charge is 0.384 e. The average molecular weight is 298 g/mol. The van der Waals surface area contributed by atoms with Crippen LogP contribution < -0.4 is 0 Å². The summed E-state index contributed by atoms with van der Waals surface area (Å²) in [5, 5.41) is 3.57. The van der Waals surface area contributed by atoms with E-state index in [2.05, 4.69) is 6.58 Å². The van der Waals surface area contributed by atoms with Crippen molar-refractivity contribution in [3.8, 4) is 0 Å². The van der Waals surface area contributed by atoms with Crippen LogP contribution in [0.5, 0.6) is 0 Å². The second-order valence-corrected chi connectivity index (χ2v) is 6.43. The molecule has 0 amide bonds. The average Bonchev–Trinajstić information content (AvgIpc) is 2.43. The van der Waals surface area contributed by atoms with Gasteiger partial charge in [0.1, 0.15) is 10.7 Å². The summed E-state index contributed by atoms with van der Waals surface area (Å²) in [6, 6.07) is 16.8. The maximum atomic E-state index is 12.3. The smallest absolute Gasteiger partial charge is 0.339 e. The van der Waals surface area contributed by atoms with Crippen LogP contribution in [0.2, 0.25) is 0 Å². The van der Waals surface area contributed by atoms with E-state index in [0.717, 1.165) is 16.2 Å². The summed E-state index contributed by atoms with van der Waals surface area (Å²) in [5.41, 5.74) is 0. The van der Waals surface area contributed by atoms with Crippen molar-refractivity contribution in [1.82, 2.24) is 0 Å². The number of hydrogen-bond donors (Lipinski definition) is 0. The van der Waals surface area contributed by atoms with Crippen LogP contribution >= 0.6 is 0 Å². The highest BCUT2D eigenvalue weighted by Gasteiger charge is 2.19. The monoisotopic (exact) mass is 298 g/mol. The van der Waals surface area contributed by atoms with Gasteiger partial charge in [0, 0.05) is 5.39 Å². The number of allylic oxidation sites excluding steroid dienone is 1. The summed E-state index contributed by atoms with van der Waals surface area (Å²) in [4.78, 5) is 0.161. The zero-order valence-corrected chi connectivity index (χ0v) is 12.4. The third kappa shape index (κ3) is 2.50. The van der Waals surface area contributed by atoms with Gasteiger partial charge < -0.3 is 4.18 Å². The molecule has 3 rings (SSSR count). The molecular formula is C17H14O3S. The van der Waals surface area contributed by atoms with Gasteiger partial charge in [-0.3, -0.25) is 0 Å². The minimum Gasteiger partial charge on any atom is -0.384 e. The topological polar surface area (TPSA) is 43.4 Å². The van der Waals surface area contributed by atoms with E-state index >= 15 is 0 Å². The lowest BCUT2D eigenvalue weighted by atomic mass is 10.0. The summed E-state index contributed by atoms with van der Waals surface area (Å²) in [7, 11) is -3.85. The highest BCUT2D eigenvalue weighted by atomic mass is 32.2. The van der Waals surface area contributed by atoms with Gasteiger partial charge in [0.05, 0.1) is 0 Å². The van der Waals surface area contributed by atoms with E-state index in [-0.39, 0.29) is 10.7 Å². The Morgan fingerprint density at radius 2 is 1.57 bits per heavy atom. The Morgan fingerprint density at radius 3 is 2.24 bits per heavy atom. The molecule has 0 saturated carbocycles. The fraction of sp³-hybridized carbons (Fsp3) is 0.0588. The van der Waals surface area contributed by atoms with Crippen molar-refractivity contribution in [2.45, 2.75) is 11.8 Å². The molecule has 0 aromatic heterocycles. The summed E-state index contributed by atoms with van der Waals surface area (Å²) in [5.74, 6) is 0.146. The van der Waals surface area contributed by atoms with Crippen LogP contribution in [0.1, 0.15) is 6.92 Å². The van der Waals surface area contributed by atoms with E-state index in [1.165, 1.54) is 6.92 Å². The molecule has 4 heteroatoms. The van der Waals surface area contributed by atoms with E-state index in [1.54, 1.807) is 12.1 Å². The first-order valence-corrected chi connectivity index (χ1v) is 7.90. The molecule has 0 atom stereocenters. The molecular weight excluding hydrogens is 284 g/mol. The van der Waals surface area contributed by atoms with Crippen LogP contribution in [-0.2, 0) is 14.3 Å². The van der Waals surface area contributed by atoms with Gasteiger partial charge in [-0.2, -0.15) is 8.42 Å². The lowest BCUT2D eigenvalue weighted by molar-refractivity contribution is 0.411. The Morgan fingerprint density at radius 1 is 0.952 bits per heavy atom. The van der Waals surface area contributed by atoms with Crippen LogP contribution in [0.3, 0.4) is 0 Å². The second-order valence-electron chi connectivity index (χ2n) is 4.92. The fourth-order valence-corrected chi connectivity index (χ4v) is 3.54. The predicted molar refractivity (Wildman–Crippen MR) is 84.5 cm³/mol. The highest BCUT2D eigenvalue weighted by Crippen LogP contribution is 2.29. The number of fused-ring (bicyclic) bond motifs is 2. The quantitative estimate of drug-likeness (QED) is 0.413. The lowest BCUT2D eigenvalue weighted by Gasteiger charge is -2.10. The molecule has 0 aliphatic rings.